The lowest BCUT2D eigenvalue weighted by Gasteiger charge is -2.42. The van der Waals surface area contributed by atoms with E-state index in [0.29, 0.717) is 48.9 Å². The van der Waals surface area contributed by atoms with Crippen LogP contribution < -0.4 is 9.80 Å². The molecule has 3 fully saturated rings. The van der Waals surface area contributed by atoms with Crippen LogP contribution in [0.1, 0.15) is 46.1 Å². The standard InChI is InChI=1S/C34H37FN6O4/c1-5-20-7-6-8-21-11-24(43)12-25(27(20)21)29-28(35)30-26(13-36-29)31(38-32(37-30)40-14-19(15-40)18-42)39-16-22-9-10-23(17-39)41(22)33(44)45-34(2,3)4/h6-8,11-13,18-19,22-23,43H,5,9-10,14-17H2,1-4H3. The summed E-state index contributed by atoms with van der Waals surface area (Å²) in [6.07, 6.45) is 4.63. The van der Waals surface area contributed by atoms with Gasteiger partial charge in [-0.1, -0.05) is 25.1 Å². The van der Waals surface area contributed by atoms with Crippen LogP contribution in [0.25, 0.3) is 32.9 Å². The molecule has 0 aliphatic carbocycles. The summed E-state index contributed by atoms with van der Waals surface area (Å²) >= 11 is 0. The van der Waals surface area contributed by atoms with Crippen molar-refractivity contribution in [3.05, 3.63) is 47.9 Å². The summed E-state index contributed by atoms with van der Waals surface area (Å²) < 4.78 is 22.5. The van der Waals surface area contributed by atoms with Crippen molar-refractivity contribution < 1.29 is 23.8 Å². The van der Waals surface area contributed by atoms with Gasteiger partial charge in [-0.15, -0.1) is 0 Å². The molecule has 10 nitrogen and oxygen atoms in total. The topological polar surface area (TPSA) is 112 Å². The molecule has 0 saturated carbocycles. The number of fused-ring (bicyclic) bond motifs is 4. The fourth-order valence-corrected chi connectivity index (χ4v) is 7.02. The number of aromatic nitrogens is 3. The second kappa shape index (κ2) is 10.8. The molecule has 2 aromatic carbocycles. The number of ether oxygens (including phenoxy) is 1. The van der Waals surface area contributed by atoms with Gasteiger partial charge in [0.1, 0.15) is 34.7 Å². The van der Waals surface area contributed by atoms with Gasteiger partial charge in [0.05, 0.1) is 17.5 Å². The number of pyridine rings is 1. The lowest BCUT2D eigenvalue weighted by molar-refractivity contribution is -0.111. The smallest absolute Gasteiger partial charge is 0.410 e. The Kier molecular flexibility index (Phi) is 7.02. The first kappa shape index (κ1) is 29.2. The summed E-state index contributed by atoms with van der Waals surface area (Å²) in [6, 6.07) is 8.91. The van der Waals surface area contributed by atoms with E-state index in [-0.39, 0.29) is 41.1 Å². The molecule has 234 valence electrons. The third-order valence-corrected chi connectivity index (χ3v) is 9.11. The number of nitrogens with zero attached hydrogens (tertiary/aromatic N) is 6. The predicted octanol–water partition coefficient (Wildman–Crippen LogP) is 5.48. The van der Waals surface area contributed by atoms with E-state index in [4.69, 9.17) is 14.7 Å². The number of carbonyl (C=O) groups is 2. The number of hydrogen-bond acceptors (Lipinski definition) is 9. The van der Waals surface area contributed by atoms with E-state index in [2.05, 4.69) is 9.88 Å². The van der Waals surface area contributed by atoms with Crippen molar-refractivity contribution in [2.45, 2.75) is 64.6 Å². The minimum atomic E-state index is -0.599. The maximum atomic E-state index is 16.8. The molecule has 2 unspecified atom stereocenters. The Morgan fingerprint density at radius 2 is 1.82 bits per heavy atom. The number of rotatable bonds is 5. The van der Waals surface area contributed by atoms with Gasteiger partial charge in [-0.05, 0) is 68.5 Å². The number of carbonyl (C=O) groups excluding carboxylic acids is 2. The number of aryl methyl sites for hydroxylation is 1. The van der Waals surface area contributed by atoms with Gasteiger partial charge >= 0.3 is 6.09 Å². The van der Waals surface area contributed by atoms with Crippen molar-refractivity contribution in [1.29, 1.82) is 0 Å². The van der Waals surface area contributed by atoms with Crippen LogP contribution in [-0.4, -0.2) is 81.2 Å². The van der Waals surface area contributed by atoms with Gasteiger partial charge in [-0.25, -0.2) is 14.2 Å². The number of amides is 1. The molecule has 3 saturated heterocycles. The third-order valence-electron chi connectivity index (χ3n) is 9.11. The summed E-state index contributed by atoms with van der Waals surface area (Å²) in [5.41, 5.74) is 1.15. The second-order valence-electron chi connectivity index (χ2n) is 13.4. The summed E-state index contributed by atoms with van der Waals surface area (Å²) in [4.78, 5) is 44.6. The fourth-order valence-electron chi connectivity index (χ4n) is 7.02. The second-order valence-corrected chi connectivity index (χ2v) is 13.4. The number of aromatic hydroxyl groups is 1. The highest BCUT2D eigenvalue weighted by Crippen LogP contribution is 2.40. The molecule has 2 atom stereocenters. The molecule has 2 aromatic heterocycles. The number of phenols is 1. The molecule has 11 heteroatoms. The summed E-state index contributed by atoms with van der Waals surface area (Å²) in [6.45, 7) is 9.57. The van der Waals surface area contributed by atoms with Crippen molar-refractivity contribution in [2.24, 2.45) is 5.92 Å². The molecular formula is C34H37FN6O4. The number of hydrogen-bond donors (Lipinski definition) is 1. The summed E-state index contributed by atoms with van der Waals surface area (Å²) in [5.74, 6) is 0.208. The highest BCUT2D eigenvalue weighted by molar-refractivity contribution is 6.01. The lowest BCUT2D eigenvalue weighted by Crippen LogP contribution is -2.57. The molecule has 5 heterocycles. The van der Waals surface area contributed by atoms with Crippen LogP contribution in [0.15, 0.2) is 36.5 Å². The van der Waals surface area contributed by atoms with Crippen molar-refractivity contribution >= 4 is 45.8 Å². The average molecular weight is 613 g/mol. The van der Waals surface area contributed by atoms with E-state index in [9.17, 15) is 14.7 Å². The Morgan fingerprint density at radius 1 is 1.09 bits per heavy atom. The monoisotopic (exact) mass is 612 g/mol. The van der Waals surface area contributed by atoms with Gasteiger partial charge in [0, 0.05) is 43.9 Å². The Balaban J connectivity index is 1.34. The quantitative estimate of drug-likeness (QED) is 0.293. The predicted molar refractivity (Wildman–Crippen MR) is 170 cm³/mol. The van der Waals surface area contributed by atoms with Gasteiger partial charge in [0.15, 0.2) is 5.82 Å². The van der Waals surface area contributed by atoms with Crippen LogP contribution in [0.5, 0.6) is 5.75 Å². The molecule has 0 radical (unpaired) electrons. The number of aldehydes is 1. The van der Waals surface area contributed by atoms with Gasteiger partial charge in [0.25, 0.3) is 0 Å². The average Bonchev–Trinajstić information content (AvgIpc) is 3.24. The van der Waals surface area contributed by atoms with E-state index >= 15 is 4.39 Å². The van der Waals surface area contributed by atoms with Crippen LogP contribution in [0.3, 0.4) is 0 Å². The summed E-state index contributed by atoms with van der Waals surface area (Å²) in [7, 11) is 0. The summed E-state index contributed by atoms with van der Waals surface area (Å²) in [5, 5.41) is 12.7. The van der Waals surface area contributed by atoms with Crippen LogP contribution >= 0.6 is 0 Å². The van der Waals surface area contributed by atoms with E-state index in [1.54, 1.807) is 18.3 Å². The zero-order valence-electron chi connectivity index (χ0n) is 26.0. The Hall–Kier alpha value is -4.54. The lowest BCUT2D eigenvalue weighted by atomic mass is 9.95. The number of phenolic OH excluding ortho intramolecular Hbond substituents is 1. The number of halogens is 1. The fraction of sp³-hybridized carbons (Fsp3) is 0.441. The zero-order chi connectivity index (χ0) is 31.6. The van der Waals surface area contributed by atoms with Gasteiger partial charge in [0.2, 0.25) is 5.95 Å². The molecule has 45 heavy (non-hydrogen) atoms. The van der Waals surface area contributed by atoms with Crippen molar-refractivity contribution in [3.8, 4) is 17.0 Å². The normalized spacial score (nSPS) is 20.2. The van der Waals surface area contributed by atoms with E-state index in [1.807, 2.05) is 55.7 Å². The molecule has 0 spiro atoms. The van der Waals surface area contributed by atoms with Crippen molar-refractivity contribution in [2.75, 3.05) is 36.0 Å². The largest absolute Gasteiger partial charge is 0.508 e. The number of anilines is 2. The molecule has 7 rings (SSSR count). The molecule has 3 aliphatic rings. The van der Waals surface area contributed by atoms with E-state index in [0.717, 1.165) is 41.9 Å². The SMILES string of the molecule is CCc1cccc2cc(O)cc(-c3ncc4c(N5CC6CCC(C5)N6C(=O)OC(C)(C)C)nc(N5CC(C=O)C5)nc4c3F)c12. The maximum absolute atomic E-state index is 16.8. The third kappa shape index (κ3) is 5.07. The highest BCUT2D eigenvalue weighted by Gasteiger charge is 2.45. The minimum absolute atomic E-state index is 0.0231. The van der Waals surface area contributed by atoms with E-state index in [1.165, 1.54) is 0 Å². The first-order chi connectivity index (χ1) is 21.5. The zero-order valence-corrected chi connectivity index (χ0v) is 26.0. The minimum Gasteiger partial charge on any atom is -0.508 e. The highest BCUT2D eigenvalue weighted by atomic mass is 19.1. The molecule has 2 bridgehead atoms. The Bertz CT molecular complexity index is 1820. The van der Waals surface area contributed by atoms with Crippen molar-refractivity contribution in [3.63, 3.8) is 0 Å². The first-order valence-electron chi connectivity index (χ1n) is 15.6. The number of piperazine rings is 1. The molecule has 3 aliphatic heterocycles. The van der Waals surface area contributed by atoms with Crippen LogP contribution in [0.4, 0.5) is 21.0 Å². The van der Waals surface area contributed by atoms with Crippen LogP contribution in [0, 0.1) is 11.7 Å². The Labute approximate surface area is 260 Å². The molecular weight excluding hydrogens is 575 g/mol. The van der Waals surface area contributed by atoms with Crippen molar-refractivity contribution in [1.82, 2.24) is 19.9 Å². The van der Waals surface area contributed by atoms with Gasteiger partial charge in [-0.3, -0.25) is 9.88 Å². The number of benzene rings is 2. The maximum Gasteiger partial charge on any atom is 0.410 e. The van der Waals surface area contributed by atoms with Crippen LogP contribution in [-0.2, 0) is 16.0 Å². The van der Waals surface area contributed by atoms with E-state index < -0.39 is 11.4 Å². The molecule has 1 N–H and O–H groups in total. The first-order valence-corrected chi connectivity index (χ1v) is 15.6. The molecule has 4 aromatic rings. The Morgan fingerprint density at radius 3 is 2.49 bits per heavy atom. The molecule has 1 amide bonds. The van der Waals surface area contributed by atoms with Crippen LogP contribution in [0.2, 0.25) is 0 Å². The van der Waals surface area contributed by atoms with Gasteiger partial charge < -0.3 is 24.4 Å². The van der Waals surface area contributed by atoms with Gasteiger partial charge in [-0.2, -0.15) is 4.98 Å².